The summed E-state index contributed by atoms with van der Waals surface area (Å²) >= 11 is 0. The first-order chi connectivity index (χ1) is 4.35. The Morgan fingerprint density at radius 2 is 1.82 bits per heavy atom. The molecule has 71 valence electrons. The zero-order valence-corrected chi connectivity index (χ0v) is 9.34. The Morgan fingerprint density at radius 1 is 1.27 bits per heavy atom. The van der Waals surface area contributed by atoms with Gasteiger partial charge in [-0.1, -0.05) is 33.1 Å². The van der Waals surface area contributed by atoms with Crippen LogP contribution in [0.15, 0.2) is 0 Å². The summed E-state index contributed by atoms with van der Waals surface area (Å²) in [6.07, 6.45) is 4.83. The van der Waals surface area contributed by atoms with Gasteiger partial charge in [-0.25, -0.2) is 0 Å². The average Bonchev–Trinajstić information content (AvgIpc) is 1.91. The molecular formula is C8H19ClMnO. The van der Waals surface area contributed by atoms with E-state index in [9.17, 15) is 0 Å². The molecule has 1 unspecified atom stereocenters. The van der Waals surface area contributed by atoms with Gasteiger partial charge in [0, 0.05) is 23.7 Å². The topological polar surface area (TPSA) is 20.2 Å². The van der Waals surface area contributed by atoms with Crippen LogP contribution in [0.25, 0.3) is 0 Å². The second-order valence-corrected chi connectivity index (χ2v) is 2.60. The molecule has 0 aliphatic rings. The van der Waals surface area contributed by atoms with Gasteiger partial charge in [0.25, 0.3) is 0 Å². The molecule has 0 fully saturated rings. The SMILES string of the molecule is CCCCC(CC)CO.Cl.[Mn]. The standard InChI is InChI=1S/C8H18O.ClH.Mn/c1-3-5-6-8(4-2)7-9;;/h8-9H,3-7H2,1-2H3;1H;. The first-order valence-electron chi connectivity index (χ1n) is 3.96. The molecule has 0 aliphatic carbocycles. The summed E-state index contributed by atoms with van der Waals surface area (Å²) in [5, 5.41) is 8.75. The molecule has 0 aromatic carbocycles. The Labute approximate surface area is 86.8 Å². The Bertz CT molecular complexity index is 58.1. The molecule has 1 atom stereocenters. The molecular weight excluding hydrogens is 202 g/mol. The van der Waals surface area contributed by atoms with Gasteiger partial charge in [-0.05, 0) is 12.3 Å². The minimum Gasteiger partial charge on any atom is -0.396 e. The fourth-order valence-corrected chi connectivity index (χ4v) is 0.917. The number of hydrogen-bond donors (Lipinski definition) is 1. The van der Waals surface area contributed by atoms with Crippen molar-refractivity contribution in [1.29, 1.82) is 0 Å². The van der Waals surface area contributed by atoms with Crippen molar-refractivity contribution in [2.24, 2.45) is 5.92 Å². The van der Waals surface area contributed by atoms with Crippen LogP contribution in [-0.4, -0.2) is 11.7 Å². The van der Waals surface area contributed by atoms with E-state index >= 15 is 0 Å². The molecule has 0 bridgehead atoms. The summed E-state index contributed by atoms with van der Waals surface area (Å²) in [6, 6.07) is 0. The van der Waals surface area contributed by atoms with Gasteiger partial charge in [-0.3, -0.25) is 0 Å². The molecule has 3 heteroatoms. The minimum atomic E-state index is 0. The van der Waals surface area contributed by atoms with E-state index in [1.807, 2.05) is 0 Å². The Balaban J connectivity index is -0.000000320. The zero-order chi connectivity index (χ0) is 7.11. The van der Waals surface area contributed by atoms with Crippen molar-refractivity contribution in [2.75, 3.05) is 6.61 Å². The Hall–Kier alpha value is 0.769. The monoisotopic (exact) mass is 221 g/mol. The van der Waals surface area contributed by atoms with E-state index in [1.54, 1.807) is 0 Å². The van der Waals surface area contributed by atoms with Gasteiger partial charge in [-0.2, -0.15) is 0 Å². The zero-order valence-electron chi connectivity index (χ0n) is 7.35. The van der Waals surface area contributed by atoms with Crippen LogP contribution in [0, 0.1) is 5.92 Å². The maximum Gasteiger partial charge on any atom is 0.0459 e. The van der Waals surface area contributed by atoms with E-state index in [2.05, 4.69) is 13.8 Å². The molecule has 0 aromatic heterocycles. The summed E-state index contributed by atoms with van der Waals surface area (Å²) in [4.78, 5) is 0. The molecule has 0 heterocycles. The van der Waals surface area contributed by atoms with Crippen molar-refractivity contribution < 1.29 is 22.2 Å². The largest absolute Gasteiger partial charge is 0.396 e. The van der Waals surface area contributed by atoms with Crippen LogP contribution in [0.3, 0.4) is 0 Å². The van der Waals surface area contributed by atoms with Crippen LogP contribution in [0.1, 0.15) is 39.5 Å². The van der Waals surface area contributed by atoms with Gasteiger partial charge < -0.3 is 5.11 Å². The van der Waals surface area contributed by atoms with Crippen LogP contribution >= 0.6 is 12.4 Å². The fourth-order valence-electron chi connectivity index (χ4n) is 0.917. The summed E-state index contributed by atoms with van der Waals surface area (Å²) in [5.74, 6) is 0.560. The minimum absolute atomic E-state index is 0. The number of unbranched alkanes of at least 4 members (excludes halogenated alkanes) is 1. The van der Waals surface area contributed by atoms with Crippen molar-refractivity contribution in [3.8, 4) is 0 Å². The summed E-state index contributed by atoms with van der Waals surface area (Å²) in [5.41, 5.74) is 0. The van der Waals surface area contributed by atoms with Crippen molar-refractivity contribution in [3.63, 3.8) is 0 Å². The van der Waals surface area contributed by atoms with Crippen molar-refractivity contribution in [3.05, 3.63) is 0 Å². The molecule has 0 amide bonds. The van der Waals surface area contributed by atoms with E-state index in [0.29, 0.717) is 12.5 Å². The van der Waals surface area contributed by atoms with Gasteiger partial charge in [-0.15, -0.1) is 12.4 Å². The van der Waals surface area contributed by atoms with Gasteiger partial charge in [0.1, 0.15) is 0 Å². The molecule has 1 nitrogen and oxygen atoms in total. The van der Waals surface area contributed by atoms with Gasteiger partial charge in [0.2, 0.25) is 0 Å². The first kappa shape index (κ1) is 17.8. The molecule has 11 heavy (non-hydrogen) atoms. The summed E-state index contributed by atoms with van der Waals surface area (Å²) in [7, 11) is 0. The smallest absolute Gasteiger partial charge is 0.0459 e. The van der Waals surface area contributed by atoms with E-state index in [-0.39, 0.29) is 29.5 Å². The Kier molecular flexibility index (Phi) is 21.6. The molecule has 0 aromatic rings. The number of rotatable bonds is 5. The quantitative estimate of drug-likeness (QED) is 0.708. The van der Waals surface area contributed by atoms with Crippen molar-refractivity contribution >= 4 is 12.4 Å². The van der Waals surface area contributed by atoms with E-state index < -0.39 is 0 Å². The van der Waals surface area contributed by atoms with Crippen LogP contribution in [0.4, 0.5) is 0 Å². The third kappa shape index (κ3) is 10.8. The van der Waals surface area contributed by atoms with Crippen LogP contribution in [0.2, 0.25) is 0 Å². The Morgan fingerprint density at radius 3 is 2.09 bits per heavy atom. The molecule has 0 aliphatic heterocycles. The summed E-state index contributed by atoms with van der Waals surface area (Å²) < 4.78 is 0. The predicted molar refractivity (Wildman–Crippen MR) is 47.6 cm³/mol. The third-order valence-electron chi connectivity index (χ3n) is 1.80. The van der Waals surface area contributed by atoms with Crippen molar-refractivity contribution in [1.82, 2.24) is 0 Å². The van der Waals surface area contributed by atoms with Gasteiger partial charge in [0.15, 0.2) is 0 Å². The van der Waals surface area contributed by atoms with Gasteiger partial charge >= 0.3 is 0 Å². The first-order valence-corrected chi connectivity index (χ1v) is 3.96. The van der Waals surface area contributed by atoms with Crippen LogP contribution in [-0.2, 0) is 17.1 Å². The van der Waals surface area contributed by atoms with E-state index in [4.69, 9.17) is 5.11 Å². The second kappa shape index (κ2) is 13.4. The molecule has 0 spiro atoms. The van der Waals surface area contributed by atoms with E-state index in [1.165, 1.54) is 19.3 Å². The summed E-state index contributed by atoms with van der Waals surface area (Å²) in [6.45, 7) is 4.69. The second-order valence-electron chi connectivity index (χ2n) is 2.60. The normalized spacial score (nSPS) is 11.2. The van der Waals surface area contributed by atoms with E-state index in [0.717, 1.165) is 6.42 Å². The average molecular weight is 222 g/mol. The van der Waals surface area contributed by atoms with Gasteiger partial charge in [0.05, 0.1) is 0 Å². The molecule has 0 saturated heterocycles. The number of hydrogen-bond acceptors (Lipinski definition) is 1. The maximum atomic E-state index is 8.75. The third-order valence-corrected chi connectivity index (χ3v) is 1.80. The number of aliphatic hydroxyl groups excluding tert-OH is 1. The number of aliphatic hydroxyl groups is 1. The molecule has 1 radical (unpaired) electrons. The van der Waals surface area contributed by atoms with Crippen molar-refractivity contribution in [2.45, 2.75) is 39.5 Å². The molecule has 0 saturated carbocycles. The number of halogens is 1. The van der Waals surface area contributed by atoms with Crippen LogP contribution < -0.4 is 0 Å². The fraction of sp³-hybridized carbons (Fsp3) is 1.00. The molecule has 0 rings (SSSR count). The van der Waals surface area contributed by atoms with Crippen LogP contribution in [0.5, 0.6) is 0 Å². The predicted octanol–water partition coefficient (Wildman–Crippen LogP) is 2.61. The molecule has 1 N–H and O–H groups in total. The maximum absolute atomic E-state index is 8.75.